The topological polar surface area (TPSA) is 64.2 Å². The maximum atomic E-state index is 13.6. The Labute approximate surface area is 205 Å². The van der Waals surface area contributed by atoms with Crippen LogP contribution in [0.2, 0.25) is 0 Å². The van der Waals surface area contributed by atoms with E-state index >= 15 is 0 Å². The van der Waals surface area contributed by atoms with Crippen molar-refractivity contribution in [2.45, 2.75) is 51.7 Å². The van der Waals surface area contributed by atoms with Gasteiger partial charge in [0.2, 0.25) is 0 Å². The van der Waals surface area contributed by atoms with E-state index in [2.05, 4.69) is 31.6 Å². The molecular formula is C26H33F2N7. The predicted octanol–water partition coefficient (Wildman–Crippen LogP) is 4.02. The molecule has 2 aliphatic heterocycles. The molecule has 0 bridgehead atoms. The largest absolute Gasteiger partial charge is 0.352 e. The molecule has 0 spiro atoms. The van der Waals surface area contributed by atoms with Crippen LogP contribution in [0.15, 0.2) is 36.8 Å². The highest BCUT2D eigenvalue weighted by Gasteiger charge is 2.34. The lowest BCUT2D eigenvalue weighted by molar-refractivity contribution is 0.0610. The lowest BCUT2D eigenvalue weighted by atomic mass is 9.97. The van der Waals surface area contributed by atoms with E-state index in [1.165, 1.54) is 12.1 Å². The summed E-state index contributed by atoms with van der Waals surface area (Å²) in [5.74, 6) is 0.141. The second kappa shape index (κ2) is 10.4. The molecule has 1 N–H and O–H groups in total. The Morgan fingerprint density at radius 2 is 1.89 bits per heavy atom. The molecule has 7 nitrogen and oxygen atoms in total. The normalized spacial score (nSPS) is 20.5. The molecule has 0 saturated carbocycles. The van der Waals surface area contributed by atoms with Crippen molar-refractivity contribution >= 4 is 5.82 Å². The van der Waals surface area contributed by atoms with Crippen LogP contribution in [0, 0.1) is 18.6 Å². The number of aromatic nitrogens is 4. The van der Waals surface area contributed by atoms with Gasteiger partial charge in [0.15, 0.2) is 17.5 Å². The molecule has 2 aliphatic rings. The molecular weight excluding hydrogens is 448 g/mol. The highest BCUT2D eigenvalue weighted by molar-refractivity contribution is 5.53. The Morgan fingerprint density at radius 1 is 1.06 bits per heavy atom. The van der Waals surface area contributed by atoms with Crippen LogP contribution in [-0.4, -0.2) is 74.5 Å². The van der Waals surface area contributed by atoms with E-state index in [1.807, 2.05) is 6.92 Å². The van der Waals surface area contributed by atoms with Crippen molar-refractivity contribution in [1.29, 1.82) is 0 Å². The number of aryl methyl sites for hydroxylation is 1. The van der Waals surface area contributed by atoms with Gasteiger partial charge in [0, 0.05) is 50.7 Å². The zero-order valence-corrected chi connectivity index (χ0v) is 20.4. The summed E-state index contributed by atoms with van der Waals surface area (Å²) in [4.78, 5) is 24.3. The van der Waals surface area contributed by atoms with E-state index in [0.717, 1.165) is 80.6 Å². The molecule has 3 aromatic rings. The molecule has 2 aromatic heterocycles. The lowest BCUT2D eigenvalue weighted by Crippen LogP contribution is -2.58. The fraction of sp³-hybridized carbons (Fsp3) is 0.500. The molecule has 0 amide bonds. The summed E-state index contributed by atoms with van der Waals surface area (Å²) in [5, 5.41) is 0. The van der Waals surface area contributed by atoms with Crippen molar-refractivity contribution in [2.24, 2.45) is 0 Å². The fourth-order valence-corrected chi connectivity index (χ4v) is 5.52. The second-order valence-corrected chi connectivity index (χ2v) is 9.60. The van der Waals surface area contributed by atoms with Gasteiger partial charge >= 0.3 is 0 Å². The van der Waals surface area contributed by atoms with Gasteiger partial charge in [-0.1, -0.05) is 13.0 Å². The van der Waals surface area contributed by atoms with Crippen molar-refractivity contribution in [2.75, 3.05) is 37.6 Å². The molecule has 2 saturated heterocycles. The van der Waals surface area contributed by atoms with Gasteiger partial charge in [-0.2, -0.15) is 0 Å². The zero-order valence-electron chi connectivity index (χ0n) is 20.4. The van der Waals surface area contributed by atoms with Crippen molar-refractivity contribution in [3.05, 3.63) is 59.7 Å². The number of halogens is 2. The number of piperidine rings is 1. The first kappa shape index (κ1) is 23.8. The van der Waals surface area contributed by atoms with Gasteiger partial charge in [-0.15, -0.1) is 0 Å². The average Bonchev–Trinajstić information content (AvgIpc) is 3.42. The van der Waals surface area contributed by atoms with Crippen LogP contribution in [0.3, 0.4) is 0 Å². The maximum absolute atomic E-state index is 13.6. The van der Waals surface area contributed by atoms with Crippen LogP contribution >= 0.6 is 0 Å². The first-order valence-electron chi connectivity index (χ1n) is 12.5. The number of benzene rings is 1. The Bertz CT molecular complexity index is 1130. The number of aromatic amines is 1. The van der Waals surface area contributed by atoms with Crippen molar-refractivity contribution in [1.82, 2.24) is 29.7 Å². The van der Waals surface area contributed by atoms with Crippen molar-refractivity contribution < 1.29 is 8.78 Å². The first-order valence-corrected chi connectivity index (χ1v) is 12.5. The summed E-state index contributed by atoms with van der Waals surface area (Å²) in [6.45, 7) is 9.78. The molecule has 35 heavy (non-hydrogen) atoms. The number of H-pyrrole nitrogens is 1. The van der Waals surface area contributed by atoms with Gasteiger partial charge in [-0.25, -0.2) is 23.7 Å². The van der Waals surface area contributed by atoms with E-state index in [1.54, 1.807) is 24.7 Å². The SMILES string of the molecule is CC[C@H]1CN(c2ncc(-c3ncc[nH]3)nc2C)CCN1C1CCN(Cc2ccc(F)c(F)c2)CC1. The van der Waals surface area contributed by atoms with E-state index < -0.39 is 11.6 Å². The number of nitrogens with zero attached hydrogens (tertiary/aromatic N) is 6. The molecule has 9 heteroatoms. The predicted molar refractivity (Wildman–Crippen MR) is 132 cm³/mol. The third-order valence-corrected chi connectivity index (χ3v) is 7.38. The summed E-state index contributed by atoms with van der Waals surface area (Å²) in [7, 11) is 0. The first-order chi connectivity index (χ1) is 17.0. The number of likely N-dealkylation sites (tertiary alicyclic amines) is 1. The smallest absolute Gasteiger partial charge is 0.159 e. The summed E-state index contributed by atoms with van der Waals surface area (Å²) in [6, 6.07) is 5.25. The molecule has 0 radical (unpaired) electrons. The van der Waals surface area contributed by atoms with Gasteiger partial charge in [0.05, 0.1) is 11.9 Å². The monoisotopic (exact) mass is 481 g/mol. The highest BCUT2D eigenvalue weighted by atomic mass is 19.2. The van der Waals surface area contributed by atoms with Crippen LogP contribution in [0.1, 0.15) is 37.4 Å². The van der Waals surface area contributed by atoms with E-state index in [9.17, 15) is 8.78 Å². The molecule has 0 unspecified atom stereocenters. The number of hydrogen-bond donors (Lipinski definition) is 1. The van der Waals surface area contributed by atoms with Gasteiger partial charge in [-0.05, 0) is 57.0 Å². The minimum atomic E-state index is -0.785. The average molecular weight is 482 g/mol. The summed E-state index contributed by atoms with van der Waals surface area (Å²) >= 11 is 0. The van der Waals surface area contributed by atoms with Crippen LogP contribution in [0.4, 0.5) is 14.6 Å². The summed E-state index contributed by atoms with van der Waals surface area (Å²) in [6.07, 6.45) is 8.59. The summed E-state index contributed by atoms with van der Waals surface area (Å²) < 4.78 is 26.8. The molecule has 1 aromatic carbocycles. The molecule has 186 valence electrons. The molecule has 5 rings (SSSR count). The Kier molecular flexibility index (Phi) is 7.06. The minimum absolute atomic E-state index is 0.470. The van der Waals surface area contributed by atoms with Crippen LogP contribution in [0.5, 0.6) is 0 Å². The van der Waals surface area contributed by atoms with Crippen molar-refractivity contribution in [3.63, 3.8) is 0 Å². The van der Waals surface area contributed by atoms with Crippen LogP contribution in [0.25, 0.3) is 11.5 Å². The third kappa shape index (κ3) is 5.21. The molecule has 2 fully saturated rings. The number of rotatable bonds is 6. The number of imidazole rings is 1. The second-order valence-electron chi connectivity index (χ2n) is 9.60. The van der Waals surface area contributed by atoms with E-state index in [0.29, 0.717) is 18.6 Å². The Morgan fingerprint density at radius 3 is 2.57 bits per heavy atom. The Balaban J connectivity index is 1.18. The van der Waals surface area contributed by atoms with Crippen molar-refractivity contribution in [3.8, 4) is 11.5 Å². The number of nitrogens with one attached hydrogen (secondary N) is 1. The number of hydrogen-bond acceptors (Lipinski definition) is 6. The molecule has 4 heterocycles. The maximum Gasteiger partial charge on any atom is 0.159 e. The van der Waals surface area contributed by atoms with Gasteiger partial charge < -0.3 is 9.88 Å². The fourth-order valence-electron chi connectivity index (χ4n) is 5.52. The third-order valence-electron chi connectivity index (χ3n) is 7.38. The van der Waals surface area contributed by atoms with Gasteiger partial charge in [-0.3, -0.25) is 9.80 Å². The summed E-state index contributed by atoms with van der Waals surface area (Å²) in [5.41, 5.74) is 2.52. The molecule has 1 atom stereocenters. The molecule has 0 aliphatic carbocycles. The van der Waals surface area contributed by atoms with E-state index in [4.69, 9.17) is 9.97 Å². The zero-order chi connectivity index (χ0) is 24.4. The Hall–Kier alpha value is -2.91. The minimum Gasteiger partial charge on any atom is -0.352 e. The van der Waals surface area contributed by atoms with Gasteiger partial charge in [0.1, 0.15) is 11.5 Å². The van der Waals surface area contributed by atoms with E-state index in [-0.39, 0.29) is 0 Å². The highest BCUT2D eigenvalue weighted by Crippen LogP contribution is 2.27. The number of anilines is 1. The van der Waals surface area contributed by atoms with Crippen LogP contribution in [-0.2, 0) is 6.54 Å². The standard InChI is InChI=1S/C26H33F2N7/c1-3-20-17-34(26-18(2)32-24(15-31-26)25-29-8-9-30-25)12-13-35(20)21-6-10-33(11-7-21)16-19-4-5-22(27)23(28)14-19/h4-5,8-9,14-15,20-21H,3,6-7,10-13,16-17H2,1-2H3,(H,29,30)/t20-/m0/s1. The van der Waals surface area contributed by atoms with Crippen LogP contribution < -0.4 is 4.90 Å². The number of piperazine rings is 1. The lowest BCUT2D eigenvalue weighted by Gasteiger charge is -2.47. The quantitative estimate of drug-likeness (QED) is 0.574. The van der Waals surface area contributed by atoms with Gasteiger partial charge in [0.25, 0.3) is 0 Å².